The number of amides is 1. The number of rotatable bonds is 8. The van der Waals surface area contributed by atoms with Crippen LogP contribution in [0.15, 0.2) is 55.0 Å². The molecule has 10 atom stereocenters. The number of carboxylic acid groups (broad SMARTS) is 1. The van der Waals surface area contributed by atoms with E-state index in [2.05, 4.69) is 69.5 Å². The van der Waals surface area contributed by atoms with Gasteiger partial charge in [0.2, 0.25) is 5.91 Å². The third-order valence-corrected chi connectivity index (χ3v) is 16.2. The lowest BCUT2D eigenvalue weighted by Crippen LogP contribution is -2.66. The highest BCUT2D eigenvalue weighted by Gasteiger charge is 2.70. The fourth-order valence-electron chi connectivity index (χ4n) is 13.6. The molecule has 0 spiro atoms. The summed E-state index contributed by atoms with van der Waals surface area (Å²) < 4.78 is 0. The van der Waals surface area contributed by atoms with Gasteiger partial charge in [0.25, 0.3) is 0 Å². The first kappa shape index (κ1) is 35.2. The van der Waals surface area contributed by atoms with Gasteiger partial charge < -0.3 is 21.1 Å². The maximum atomic E-state index is 13.4. The smallest absolute Gasteiger partial charge is 0.335 e. The van der Waals surface area contributed by atoms with Crippen LogP contribution in [0.1, 0.15) is 121 Å². The summed E-state index contributed by atoms with van der Waals surface area (Å²) >= 11 is 0. The minimum Gasteiger partial charge on any atom is -0.478 e. The van der Waals surface area contributed by atoms with Crippen molar-refractivity contribution in [3.8, 4) is 0 Å². The van der Waals surface area contributed by atoms with E-state index in [1.807, 2.05) is 18.3 Å². The fraction of sp³-hybridized carbons (Fsp3) is 0.651. The second-order valence-corrected chi connectivity index (χ2v) is 18.6. The second kappa shape index (κ2) is 12.2. The van der Waals surface area contributed by atoms with Crippen LogP contribution in [0.25, 0.3) is 5.57 Å². The summed E-state index contributed by atoms with van der Waals surface area (Å²) in [4.78, 5) is 32.2. The molecule has 270 valence electrons. The number of benzene rings is 1. The minimum atomic E-state index is -0.876. The first-order valence-corrected chi connectivity index (χ1v) is 19.3. The van der Waals surface area contributed by atoms with Crippen LogP contribution >= 0.6 is 0 Å². The Labute approximate surface area is 299 Å². The Balaban J connectivity index is 1.16. The van der Waals surface area contributed by atoms with Crippen LogP contribution in [0.5, 0.6) is 0 Å². The average molecular weight is 681 g/mol. The van der Waals surface area contributed by atoms with Gasteiger partial charge >= 0.3 is 5.97 Å². The molecule has 7 heteroatoms. The van der Waals surface area contributed by atoms with E-state index in [0.717, 1.165) is 36.9 Å². The maximum absolute atomic E-state index is 13.4. The molecule has 1 amide bonds. The van der Waals surface area contributed by atoms with Crippen molar-refractivity contribution in [2.75, 3.05) is 6.54 Å². The van der Waals surface area contributed by atoms with Gasteiger partial charge in [-0.05, 0) is 145 Å². The van der Waals surface area contributed by atoms with E-state index in [0.29, 0.717) is 48.1 Å². The molecule has 0 bridgehead atoms. The van der Waals surface area contributed by atoms with Crippen molar-refractivity contribution in [1.82, 2.24) is 15.3 Å². The molecule has 4 fully saturated rings. The molecule has 5 aliphatic carbocycles. The van der Waals surface area contributed by atoms with Gasteiger partial charge in [0.15, 0.2) is 0 Å². The largest absolute Gasteiger partial charge is 0.478 e. The zero-order chi connectivity index (χ0) is 35.9. The molecule has 5 N–H and O–H groups in total. The Morgan fingerprint density at radius 2 is 1.74 bits per heavy atom. The van der Waals surface area contributed by atoms with E-state index in [1.54, 1.807) is 18.5 Å². The summed E-state index contributed by atoms with van der Waals surface area (Å²) in [6, 6.07) is 6.94. The van der Waals surface area contributed by atoms with Gasteiger partial charge in [-0.1, -0.05) is 65.0 Å². The molecular weight excluding hydrogens is 620 g/mol. The highest BCUT2D eigenvalue weighted by atomic mass is 16.4. The molecular formula is C43H60N4O3. The standard InChI is InChI=1S/C43H60N4O3/c1-26(2)30-14-19-43(24-46-37(48)33(44)22-29-23-45-25-47-29)21-20-41(6)32(36(30)43)12-13-35-40(5)17-15-31(27-8-10-28(11-9-27)38(49)50)39(3,4)34(40)16-18-42(35,41)7/h8-11,15,23,25,30,32-36H,1,12-14,16-22,24,44H2,2-7H3,(H,45,47)(H,46,48)(H,49,50)/t30-,32+,33-,34-,35+,36+,40-,41+,42+,43+/m0/s1. The number of carboxylic acids is 1. The predicted octanol–water partition coefficient (Wildman–Crippen LogP) is 8.45. The molecule has 7 nitrogen and oxygen atoms in total. The van der Waals surface area contributed by atoms with E-state index in [-0.39, 0.29) is 33.0 Å². The van der Waals surface area contributed by atoms with Gasteiger partial charge in [0.05, 0.1) is 23.6 Å². The minimum absolute atomic E-state index is 0.00867. The van der Waals surface area contributed by atoms with Gasteiger partial charge in [-0.15, -0.1) is 0 Å². The molecule has 2 aromatic rings. The van der Waals surface area contributed by atoms with Crippen molar-refractivity contribution in [3.05, 3.63) is 71.8 Å². The summed E-state index contributed by atoms with van der Waals surface area (Å²) in [6.07, 6.45) is 17.1. The van der Waals surface area contributed by atoms with Crippen molar-refractivity contribution in [2.45, 2.75) is 112 Å². The van der Waals surface area contributed by atoms with E-state index in [4.69, 9.17) is 5.73 Å². The van der Waals surface area contributed by atoms with Crippen LogP contribution in [0, 0.1) is 56.7 Å². The lowest BCUT2D eigenvalue weighted by molar-refractivity contribution is -0.225. The topological polar surface area (TPSA) is 121 Å². The SMILES string of the molecule is C=C(C)[C@@H]1CC[C@]2(CNC(=O)[C@@H](N)Cc3c[nH]cn3)CC[C@]3(C)[C@H](CC[C@@H]4[C@@]5(C)CC=C(c6ccc(C(=O)O)cc6)C(C)(C)[C@@H]5CC[C@]43C)[C@@H]12. The number of carbonyl (C=O) groups excluding carboxylic acids is 1. The number of hydrogen-bond donors (Lipinski definition) is 4. The molecule has 0 radical (unpaired) electrons. The fourth-order valence-corrected chi connectivity index (χ4v) is 13.6. The number of nitrogens with one attached hydrogen (secondary N) is 2. The van der Waals surface area contributed by atoms with Crippen LogP contribution in [-0.2, 0) is 11.2 Å². The summed E-state index contributed by atoms with van der Waals surface area (Å²) in [7, 11) is 0. The number of carbonyl (C=O) groups is 2. The quantitative estimate of drug-likeness (QED) is 0.209. The van der Waals surface area contributed by atoms with E-state index in [1.165, 1.54) is 43.3 Å². The van der Waals surface area contributed by atoms with Crippen LogP contribution < -0.4 is 11.1 Å². The van der Waals surface area contributed by atoms with Gasteiger partial charge in [0, 0.05) is 19.2 Å². The molecule has 5 aliphatic rings. The molecule has 1 aromatic heterocycles. The molecule has 50 heavy (non-hydrogen) atoms. The molecule has 7 rings (SSSR count). The number of aromatic nitrogens is 2. The number of hydrogen-bond acceptors (Lipinski definition) is 4. The number of nitrogens with zero attached hydrogens (tertiary/aromatic N) is 1. The highest BCUT2D eigenvalue weighted by molar-refractivity contribution is 5.88. The number of allylic oxidation sites excluding steroid dienone is 3. The van der Waals surface area contributed by atoms with Gasteiger partial charge in [-0.2, -0.15) is 0 Å². The molecule has 0 aliphatic heterocycles. The van der Waals surface area contributed by atoms with Crippen LogP contribution in [0.4, 0.5) is 0 Å². The molecule has 1 aromatic carbocycles. The molecule has 0 saturated heterocycles. The number of fused-ring (bicyclic) bond motifs is 7. The lowest BCUT2D eigenvalue weighted by atomic mass is 9.32. The zero-order valence-electron chi connectivity index (χ0n) is 31.3. The van der Waals surface area contributed by atoms with Crippen LogP contribution in [-0.4, -0.2) is 39.5 Å². The predicted molar refractivity (Wildman–Crippen MR) is 199 cm³/mol. The van der Waals surface area contributed by atoms with Crippen molar-refractivity contribution in [3.63, 3.8) is 0 Å². The van der Waals surface area contributed by atoms with Crippen LogP contribution in [0.3, 0.4) is 0 Å². The van der Waals surface area contributed by atoms with Gasteiger partial charge in [0.1, 0.15) is 0 Å². The van der Waals surface area contributed by atoms with Gasteiger partial charge in [-0.3, -0.25) is 4.79 Å². The second-order valence-electron chi connectivity index (χ2n) is 18.6. The zero-order valence-corrected chi connectivity index (χ0v) is 31.3. The monoisotopic (exact) mass is 680 g/mol. The summed E-state index contributed by atoms with van der Waals surface area (Å²) in [5.74, 6) is 1.87. The Morgan fingerprint density at radius 1 is 1.00 bits per heavy atom. The number of aromatic carboxylic acids is 1. The number of nitrogens with two attached hydrogens (primary N) is 1. The van der Waals surface area contributed by atoms with E-state index in [9.17, 15) is 14.7 Å². The van der Waals surface area contributed by atoms with E-state index < -0.39 is 12.0 Å². The lowest BCUT2D eigenvalue weighted by Gasteiger charge is -2.72. The Hall–Kier alpha value is -3.19. The number of aromatic amines is 1. The highest BCUT2D eigenvalue weighted by Crippen LogP contribution is 2.77. The molecule has 1 heterocycles. The average Bonchev–Trinajstić information content (AvgIpc) is 3.72. The van der Waals surface area contributed by atoms with Crippen molar-refractivity contribution in [2.24, 2.45) is 62.4 Å². The maximum Gasteiger partial charge on any atom is 0.335 e. The molecule has 0 unspecified atom stereocenters. The summed E-state index contributed by atoms with van der Waals surface area (Å²) in [5.41, 5.74) is 12.1. The third-order valence-electron chi connectivity index (χ3n) is 16.2. The first-order valence-electron chi connectivity index (χ1n) is 19.3. The van der Waals surface area contributed by atoms with Crippen molar-refractivity contribution in [1.29, 1.82) is 0 Å². The van der Waals surface area contributed by atoms with Crippen molar-refractivity contribution < 1.29 is 14.7 Å². The normalized spacial score (nSPS) is 39.2. The Kier molecular flexibility index (Phi) is 8.60. The Bertz CT molecular complexity index is 1680. The van der Waals surface area contributed by atoms with Crippen LogP contribution in [0.2, 0.25) is 0 Å². The number of imidazole rings is 1. The van der Waals surface area contributed by atoms with E-state index >= 15 is 0 Å². The number of H-pyrrole nitrogens is 1. The summed E-state index contributed by atoms with van der Waals surface area (Å²) in [5, 5.41) is 12.9. The van der Waals surface area contributed by atoms with Gasteiger partial charge in [-0.25, -0.2) is 9.78 Å². The summed E-state index contributed by atoms with van der Waals surface area (Å²) in [6.45, 7) is 20.4. The first-order chi connectivity index (χ1) is 23.6. The molecule has 4 saturated carbocycles. The van der Waals surface area contributed by atoms with Crippen molar-refractivity contribution >= 4 is 17.4 Å². The Morgan fingerprint density at radius 3 is 2.40 bits per heavy atom. The third kappa shape index (κ3) is 5.18.